The summed E-state index contributed by atoms with van der Waals surface area (Å²) in [7, 11) is 2.16. The molecule has 8 nitrogen and oxygen atoms in total. The number of rotatable bonds is 3. The fourth-order valence-corrected chi connectivity index (χ4v) is 4.01. The van der Waals surface area contributed by atoms with Gasteiger partial charge in [-0.1, -0.05) is 0 Å². The van der Waals surface area contributed by atoms with E-state index in [4.69, 9.17) is 0 Å². The molecule has 0 aromatic carbocycles. The van der Waals surface area contributed by atoms with Crippen molar-refractivity contribution >= 4 is 11.7 Å². The van der Waals surface area contributed by atoms with Gasteiger partial charge in [0.05, 0.1) is 6.42 Å². The van der Waals surface area contributed by atoms with E-state index in [9.17, 15) is 4.79 Å². The number of carbonyl (C=O) groups excluding carboxylic acids is 1. The molecule has 2 aromatic rings. The Balaban J connectivity index is 1.39. The molecular weight excluding hydrogens is 318 g/mol. The van der Waals surface area contributed by atoms with E-state index in [1.165, 1.54) is 0 Å². The second-order valence-electron chi connectivity index (χ2n) is 7.37. The number of nitrogens with zero attached hydrogens (tertiary/aromatic N) is 6. The first-order valence-corrected chi connectivity index (χ1v) is 8.90. The van der Waals surface area contributed by atoms with Crippen molar-refractivity contribution in [2.24, 2.45) is 0 Å². The van der Waals surface area contributed by atoms with Crippen molar-refractivity contribution in [1.82, 2.24) is 34.7 Å². The van der Waals surface area contributed by atoms with E-state index < -0.39 is 0 Å². The van der Waals surface area contributed by atoms with Crippen molar-refractivity contribution in [1.29, 1.82) is 0 Å². The molecule has 0 spiro atoms. The van der Waals surface area contributed by atoms with Gasteiger partial charge in [-0.15, -0.1) is 5.10 Å². The van der Waals surface area contributed by atoms with E-state index in [1.807, 2.05) is 19.9 Å². The van der Waals surface area contributed by atoms with Gasteiger partial charge in [-0.05, 0) is 33.4 Å². The fraction of sp³-hybridized carbons (Fsp3) is 0.647. The van der Waals surface area contributed by atoms with Gasteiger partial charge in [-0.2, -0.15) is 4.98 Å². The highest BCUT2D eigenvalue weighted by Gasteiger charge is 2.35. The molecule has 134 valence electrons. The van der Waals surface area contributed by atoms with Crippen molar-refractivity contribution in [2.75, 3.05) is 33.2 Å². The normalized spacial score (nSPS) is 24.6. The van der Waals surface area contributed by atoms with E-state index >= 15 is 0 Å². The Morgan fingerprint density at radius 2 is 2.12 bits per heavy atom. The van der Waals surface area contributed by atoms with E-state index in [0.29, 0.717) is 17.6 Å². The third-order valence-electron chi connectivity index (χ3n) is 5.17. The number of nitrogens with one attached hydrogen (secondary N) is 1. The molecule has 0 unspecified atom stereocenters. The highest BCUT2D eigenvalue weighted by Crippen LogP contribution is 2.21. The summed E-state index contributed by atoms with van der Waals surface area (Å²) >= 11 is 0. The largest absolute Gasteiger partial charge is 0.352 e. The number of carbonyl (C=O) groups is 1. The lowest BCUT2D eigenvalue weighted by atomic mass is 10.1. The van der Waals surface area contributed by atoms with Gasteiger partial charge < -0.3 is 10.2 Å². The lowest BCUT2D eigenvalue weighted by molar-refractivity contribution is -0.121. The van der Waals surface area contributed by atoms with Crippen LogP contribution in [0.15, 0.2) is 6.07 Å². The summed E-state index contributed by atoms with van der Waals surface area (Å²) in [6, 6.07) is 2.74. The van der Waals surface area contributed by atoms with Gasteiger partial charge in [0, 0.05) is 49.7 Å². The zero-order valence-electron chi connectivity index (χ0n) is 15.1. The first-order valence-electron chi connectivity index (χ1n) is 8.90. The molecule has 2 aliphatic heterocycles. The molecular formula is C17H25N7O. The van der Waals surface area contributed by atoms with Crippen LogP contribution in [0.3, 0.4) is 0 Å². The SMILES string of the molecule is Cc1cc(C)n2nc(CC(=O)N[C@H]3C[C@H]4CN(C)CCN4C3)nc2n1. The summed E-state index contributed by atoms with van der Waals surface area (Å²) < 4.78 is 1.70. The molecule has 25 heavy (non-hydrogen) atoms. The summed E-state index contributed by atoms with van der Waals surface area (Å²) in [5, 5.41) is 7.58. The maximum atomic E-state index is 12.4. The standard InChI is InChI=1S/C17H25N7O/c1-11-6-12(2)24-17(18-11)20-15(21-24)8-16(25)19-13-7-14-10-22(3)4-5-23(14)9-13/h6,13-14H,4-5,7-10H2,1-3H3,(H,19,25)/t13-,14-/m0/s1. The quantitative estimate of drug-likeness (QED) is 0.831. The van der Waals surface area contributed by atoms with Gasteiger partial charge in [-0.25, -0.2) is 9.50 Å². The van der Waals surface area contributed by atoms with E-state index in [-0.39, 0.29) is 18.4 Å². The monoisotopic (exact) mass is 343 g/mol. The highest BCUT2D eigenvalue weighted by atomic mass is 16.1. The Hall–Kier alpha value is -2.06. The molecule has 4 heterocycles. The minimum absolute atomic E-state index is 0.0107. The number of piperazine rings is 1. The Morgan fingerprint density at radius 3 is 2.96 bits per heavy atom. The molecule has 0 bridgehead atoms. The maximum Gasteiger partial charge on any atom is 0.252 e. The number of likely N-dealkylation sites (N-methyl/N-ethyl adjacent to an activating group) is 1. The van der Waals surface area contributed by atoms with Crippen LogP contribution in [0.2, 0.25) is 0 Å². The lowest BCUT2D eigenvalue weighted by Crippen LogP contribution is -2.48. The second kappa shape index (κ2) is 6.34. The zero-order chi connectivity index (χ0) is 17.6. The predicted molar refractivity (Wildman–Crippen MR) is 93.4 cm³/mol. The first-order chi connectivity index (χ1) is 12.0. The minimum Gasteiger partial charge on any atom is -0.352 e. The molecule has 1 N–H and O–H groups in total. The maximum absolute atomic E-state index is 12.4. The Morgan fingerprint density at radius 1 is 1.28 bits per heavy atom. The molecule has 1 amide bonds. The topological polar surface area (TPSA) is 78.7 Å². The van der Waals surface area contributed by atoms with Gasteiger partial charge in [0.1, 0.15) is 0 Å². The third-order valence-corrected chi connectivity index (χ3v) is 5.17. The average molecular weight is 343 g/mol. The summed E-state index contributed by atoms with van der Waals surface area (Å²) in [5.74, 6) is 1.07. The lowest BCUT2D eigenvalue weighted by Gasteiger charge is -2.34. The van der Waals surface area contributed by atoms with Crippen molar-refractivity contribution in [3.63, 3.8) is 0 Å². The van der Waals surface area contributed by atoms with Crippen LogP contribution in [0.4, 0.5) is 0 Å². The number of hydrogen-bond donors (Lipinski definition) is 1. The molecule has 2 fully saturated rings. The van der Waals surface area contributed by atoms with Crippen LogP contribution in [0.5, 0.6) is 0 Å². The first kappa shape index (κ1) is 16.4. The van der Waals surface area contributed by atoms with Gasteiger partial charge in [0.25, 0.3) is 5.78 Å². The number of fused-ring (bicyclic) bond motifs is 2. The Bertz CT molecular complexity index is 802. The summed E-state index contributed by atoms with van der Waals surface area (Å²) in [5.41, 5.74) is 1.87. The summed E-state index contributed by atoms with van der Waals surface area (Å²) in [4.78, 5) is 26.0. The number of aromatic nitrogens is 4. The molecule has 0 aliphatic carbocycles. The van der Waals surface area contributed by atoms with Gasteiger partial charge in [-0.3, -0.25) is 9.69 Å². The third kappa shape index (κ3) is 3.36. The average Bonchev–Trinajstić information content (AvgIpc) is 3.09. The van der Waals surface area contributed by atoms with Gasteiger partial charge in [0.15, 0.2) is 5.82 Å². The molecule has 0 saturated carbocycles. The minimum atomic E-state index is -0.0107. The van der Waals surface area contributed by atoms with Crippen LogP contribution in [-0.2, 0) is 11.2 Å². The van der Waals surface area contributed by atoms with Crippen molar-refractivity contribution in [3.8, 4) is 0 Å². The van der Waals surface area contributed by atoms with Gasteiger partial charge >= 0.3 is 0 Å². The second-order valence-corrected chi connectivity index (χ2v) is 7.37. The Labute approximate surface area is 147 Å². The molecule has 2 saturated heterocycles. The zero-order valence-corrected chi connectivity index (χ0v) is 15.1. The molecule has 2 aromatic heterocycles. The van der Waals surface area contributed by atoms with Crippen LogP contribution >= 0.6 is 0 Å². The summed E-state index contributed by atoms with van der Waals surface area (Å²) in [6.45, 7) is 8.12. The molecule has 0 radical (unpaired) electrons. The van der Waals surface area contributed by atoms with E-state index in [0.717, 1.165) is 44.0 Å². The van der Waals surface area contributed by atoms with Crippen LogP contribution in [0.25, 0.3) is 5.78 Å². The van der Waals surface area contributed by atoms with E-state index in [2.05, 4.69) is 37.2 Å². The fourth-order valence-electron chi connectivity index (χ4n) is 4.01. The van der Waals surface area contributed by atoms with Crippen LogP contribution in [0.1, 0.15) is 23.6 Å². The van der Waals surface area contributed by atoms with E-state index in [1.54, 1.807) is 4.52 Å². The van der Waals surface area contributed by atoms with Crippen LogP contribution < -0.4 is 5.32 Å². The number of hydrogen-bond acceptors (Lipinski definition) is 6. The highest BCUT2D eigenvalue weighted by molar-refractivity contribution is 5.78. The van der Waals surface area contributed by atoms with Crippen molar-refractivity contribution in [2.45, 2.75) is 38.8 Å². The van der Waals surface area contributed by atoms with Crippen molar-refractivity contribution in [3.05, 3.63) is 23.3 Å². The smallest absolute Gasteiger partial charge is 0.252 e. The van der Waals surface area contributed by atoms with Crippen LogP contribution in [-0.4, -0.2) is 80.6 Å². The number of aryl methyl sites for hydroxylation is 2. The predicted octanol–water partition coefficient (Wildman–Crippen LogP) is -0.212. The molecule has 2 aliphatic rings. The molecule has 4 rings (SSSR count). The summed E-state index contributed by atoms with van der Waals surface area (Å²) in [6.07, 6.45) is 1.22. The molecule has 2 atom stereocenters. The number of amides is 1. The molecule has 8 heteroatoms. The van der Waals surface area contributed by atoms with Crippen molar-refractivity contribution < 1.29 is 4.79 Å². The van der Waals surface area contributed by atoms with Crippen LogP contribution in [0, 0.1) is 13.8 Å². The Kier molecular flexibility index (Phi) is 4.16. The van der Waals surface area contributed by atoms with Gasteiger partial charge in [0.2, 0.25) is 5.91 Å².